The standard InChI is InChI=1S/C12H23NO/c1-10(9-14)8-13-7-6-11-4-2-3-5-12(11)13/h10-12,14H,2-9H2,1H3. The molecule has 0 aromatic carbocycles. The minimum absolute atomic E-state index is 0.341. The van der Waals surface area contributed by atoms with Gasteiger partial charge in [-0.05, 0) is 37.6 Å². The van der Waals surface area contributed by atoms with Gasteiger partial charge in [0.15, 0.2) is 0 Å². The number of likely N-dealkylation sites (tertiary alicyclic amines) is 1. The zero-order chi connectivity index (χ0) is 9.97. The predicted octanol–water partition coefficient (Wildman–Crippen LogP) is 1.88. The Morgan fingerprint density at radius 1 is 1.29 bits per heavy atom. The van der Waals surface area contributed by atoms with Crippen LogP contribution in [0.3, 0.4) is 0 Å². The number of aliphatic hydroxyl groups excluding tert-OH is 1. The van der Waals surface area contributed by atoms with Crippen LogP contribution in [0.2, 0.25) is 0 Å². The van der Waals surface area contributed by atoms with Crippen molar-refractivity contribution in [3.63, 3.8) is 0 Å². The van der Waals surface area contributed by atoms with E-state index in [-0.39, 0.29) is 0 Å². The summed E-state index contributed by atoms with van der Waals surface area (Å²) in [5, 5.41) is 9.06. The maximum absolute atomic E-state index is 9.06. The molecule has 1 N–H and O–H groups in total. The maximum Gasteiger partial charge on any atom is 0.0468 e. The topological polar surface area (TPSA) is 23.5 Å². The monoisotopic (exact) mass is 197 g/mol. The molecule has 1 saturated heterocycles. The molecule has 0 aromatic heterocycles. The van der Waals surface area contributed by atoms with Gasteiger partial charge in [0.05, 0.1) is 0 Å². The first kappa shape index (κ1) is 10.4. The summed E-state index contributed by atoms with van der Waals surface area (Å²) in [6, 6.07) is 0.859. The van der Waals surface area contributed by atoms with Crippen molar-refractivity contribution in [3.8, 4) is 0 Å². The molecule has 2 fully saturated rings. The highest BCUT2D eigenvalue weighted by Crippen LogP contribution is 2.36. The van der Waals surface area contributed by atoms with Gasteiger partial charge in [-0.2, -0.15) is 0 Å². The van der Waals surface area contributed by atoms with Crippen LogP contribution in [0.1, 0.15) is 39.0 Å². The molecular formula is C12H23NO. The molecule has 1 aliphatic heterocycles. The van der Waals surface area contributed by atoms with Crippen molar-refractivity contribution in [2.45, 2.75) is 45.1 Å². The number of rotatable bonds is 3. The Kier molecular flexibility index (Phi) is 3.45. The summed E-state index contributed by atoms with van der Waals surface area (Å²) in [6.45, 7) is 4.88. The van der Waals surface area contributed by atoms with Gasteiger partial charge in [0.2, 0.25) is 0 Å². The third kappa shape index (κ3) is 2.12. The quantitative estimate of drug-likeness (QED) is 0.746. The van der Waals surface area contributed by atoms with Gasteiger partial charge in [-0.15, -0.1) is 0 Å². The molecule has 2 rings (SSSR count). The molecule has 3 atom stereocenters. The summed E-state index contributed by atoms with van der Waals surface area (Å²) < 4.78 is 0. The second-order valence-electron chi connectivity index (χ2n) is 5.18. The Hall–Kier alpha value is -0.0800. The van der Waals surface area contributed by atoms with E-state index in [0.717, 1.165) is 18.5 Å². The second-order valence-corrected chi connectivity index (χ2v) is 5.18. The van der Waals surface area contributed by atoms with Gasteiger partial charge in [0, 0.05) is 19.2 Å². The molecule has 2 heteroatoms. The third-order valence-electron chi connectivity index (χ3n) is 3.98. The van der Waals surface area contributed by atoms with Crippen molar-refractivity contribution < 1.29 is 5.11 Å². The molecular weight excluding hydrogens is 174 g/mol. The highest BCUT2D eigenvalue weighted by Gasteiger charge is 2.35. The zero-order valence-corrected chi connectivity index (χ0v) is 9.28. The van der Waals surface area contributed by atoms with E-state index in [0.29, 0.717) is 12.5 Å². The second kappa shape index (κ2) is 4.63. The van der Waals surface area contributed by atoms with Crippen LogP contribution >= 0.6 is 0 Å². The molecule has 1 heterocycles. The minimum atomic E-state index is 0.341. The van der Waals surface area contributed by atoms with Gasteiger partial charge in [-0.25, -0.2) is 0 Å². The van der Waals surface area contributed by atoms with Crippen LogP contribution in [0.4, 0.5) is 0 Å². The first-order valence-electron chi connectivity index (χ1n) is 6.16. The summed E-state index contributed by atoms with van der Waals surface area (Å²) in [4.78, 5) is 2.63. The van der Waals surface area contributed by atoms with Crippen LogP contribution in [-0.2, 0) is 0 Å². The number of aliphatic hydroxyl groups is 1. The molecule has 14 heavy (non-hydrogen) atoms. The zero-order valence-electron chi connectivity index (χ0n) is 9.28. The van der Waals surface area contributed by atoms with Crippen LogP contribution in [-0.4, -0.2) is 35.7 Å². The summed E-state index contributed by atoms with van der Waals surface area (Å²) >= 11 is 0. The van der Waals surface area contributed by atoms with E-state index in [9.17, 15) is 0 Å². The van der Waals surface area contributed by atoms with Crippen LogP contribution in [0.25, 0.3) is 0 Å². The van der Waals surface area contributed by atoms with Gasteiger partial charge >= 0.3 is 0 Å². The first-order chi connectivity index (χ1) is 6.81. The van der Waals surface area contributed by atoms with E-state index in [1.54, 1.807) is 0 Å². The van der Waals surface area contributed by atoms with Gasteiger partial charge in [-0.3, -0.25) is 4.90 Å². The highest BCUT2D eigenvalue weighted by molar-refractivity contribution is 4.90. The summed E-state index contributed by atoms with van der Waals surface area (Å²) in [5.74, 6) is 1.44. The normalized spacial score (nSPS) is 35.6. The largest absolute Gasteiger partial charge is 0.396 e. The summed E-state index contributed by atoms with van der Waals surface area (Å²) in [7, 11) is 0. The average Bonchev–Trinajstić information content (AvgIpc) is 2.62. The lowest BCUT2D eigenvalue weighted by molar-refractivity contribution is 0.135. The number of nitrogens with zero attached hydrogens (tertiary/aromatic N) is 1. The molecule has 1 saturated carbocycles. The highest BCUT2D eigenvalue weighted by atomic mass is 16.3. The van der Waals surface area contributed by atoms with E-state index >= 15 is 0 Å². The Labute approximate surface area is 87.3 Å². The molecule has 2 aliphatic rings. The van der Waals surface area contributed by atoms with Crippen LogP contribution in [0.15, 0.2) is 0 Å². The smallest absolute Gasteiger partial charge is 0.0468 e. The van der Waals surface area contributed by atoms with E-state index in [1.165, 1.54) is 38.6 Å². The molecule has 82 valence electrons. The van der Waals surface area contributed by atoms with Crippen molar-refractivity contribution in [3.05, 3.63) is 0 Å². The van der Waals surface area contributed by atoms with Gasteiger partial charge in [-0.1, -0.05) is 19.8 Å². The van der Waals surface area contributed by atoms with E-state index in [4.69, 9.17) is 5.11 Å². The molecule has 2 nitrogen and oxygen atoms in total. The fourth-order valence-corrected chi connectivity index (χ4v) is 3.19. The lowest BCUT2D eigenvalue weighted by Gasteiger charge is -2.32. The van der Waals surface area contributed by atoms with E-state index < -0.39 is 0 Å². The van der Waals surface area contributed by atoms with Crippen molar-refractivity contribution in [1.82, 2.24) is 4.90 Å². The van der Waals surface area contributed by atoms with Gasteiger partial charge in [0.25, 0.3) is 0 Å². The Balaban J connectivity index is 1.87. The molecule has 1 aliphatic carbocycles. The van der Waals surface area contributed by atoms with Crippen molar-refractivity contribution in [2.24, 2.45) is 11.8 Å². The summed E-state index contributed by atoms with van der Waals surface area (Å²) in [5.41, 5.74) is 0. The van der Waals surface area contributed by atoms with E-state index in [2.05, 4.69) is 11.8 Å². The summed E-state index contributed by atoms with van der Waals surface area (Å²) in [6.07, 6.45) is 7.13. The SMILES string of the molecule is CC(CO)CN1CCC2CCCCC21. The molecule has 0 amide bonds. The molecule has 3 unspecified atom stereocenters. The van der Waals surface area contributed by atoms with E-state index in [1.807, 2.05) is 0 Å². The molecule has 0 spiro atoms. The third-order valence-corrected chi connectivity index (χ3v) is 3.98. The van der Waals surface area contributed by atoms with Crippen molar-refractivity contribution in [2.75, 3.05) is 19.7 Å². The maximum atomic E-state index is 9.06. The first-order valence-corrected chi connectivity index (χ1v) is 6.16. The number of hydrogen-bond acceptors (Lipinski definition) is 2. The Morgan fingerprint density at radius 2 is 2.07 bits per heavy atom. The number of fused-ring (bicyclic) bond motifs is 1. The van der Waals surface area contributed by atoms with Crippen molar-refractivity contribution in [1.29, 1.82) is 0 Å². The van der Waals surface area contributed by atoms with Crippen LogP contribution in [0, 0.1) is 11.8 Å². The fourth-order valence-electron chi connectivity index (χ4n) is 3.19. The van der Waals surface area contributed by atoms with Gasteiger partial charge < -0.3 is 5.11 Å². The lowest BCUT2D eigenvalue weighted by Crippen LogP contribution is -2.38. The van der Waals surface area contributed by atoms with Crippen LogP contribution in [0.5, 0.6) is 0 Å². The molecule has 0 aromatic rings. The predicted molar refractivity (Wildman–Crippen MR) is 58.2 cm³/mol. The Morgan fingerprint density at radius 3 is 2.86 bits per heavy atom. The minimum Gasteiger partial charge on any atom is -0.396 e. The Bertz CT molecular complexity index is 183. The van der Waals surface area contributed by atoms with Crippen molar-refractivity contribution >= 4 is 0 Å². The van der Waals surface area contributed by atoms with Crippen LogP contribution < -0.4 is 0 Å². The molecule has 0 bridgehead atoms. The number of hydrogen-bond donors (Lipinski definition) is 1. The molecule has 0 radical (unpaired) electrons. The average molecular weight is 197 g/mol. The van der Waals surface area contributed by atoms with Gasteiger partial charge in [0.1, 0.15) is 0 Å². The fraction of sp³-hybridized carbons (Fsp3) is 1.00. The lowest BCUT2D eigenvalue weighted by atomic mass is 9.85.